The molecule has 1 amide bonds. The second kappa shape index (κ2) is 10.8. The first-order valence-electron chi connectivity index (χ1n) is 11.7. The maximum Gasteiger partial charge on any atom is 0.255 e. The molecule has 5 rings (SSSR count). The van der Waals surface area contributed by atoms with Gasteiger partial charge in [-0.3, -0.25) is 4.79 Å². The van der Waals surface area contributed by atoms with Gasteiger partial charge in [0, 0.05) is 21.6 Å². The molecule has 7 nitrogen and oxygen atoms in total. The van der Waals surface area contributed by atoms with Crippen LogP contribution in [0, 0.1) is 6.92 Å². The van der Waals surface area contributed by atoms with E-state index in [4.69, 9.17) is 14.8 Å². The number of nitrogens with one attached hydrogen (secondary N) is 2. The fraction of sp³-hybridized carbons (Fsp3) is 0.179. The fourth-order valence-corrected chi connectivity index (χ4v) is 5.30. The number of ether oxygens (including phenoxy) is 1. The number of carbonyl (C=O) groups excluding carboxylic acids is 1. The van der Waals surface area contributed by atoms with Crippen LogP contribution >= 0.6 is 27.7 Å². The average Bonchev–Trinajstić information content (AvgIpc) is 3.30. The molecule has 9 heteroatoms. The standard InChI is InChI=1S/C28H26BrN5O2S/c1-17-5-4-6-19(15-17)16-37-28-32-27-30-18(2)24(26(35)31-22-11-13-23(36-3)14-12-22)25(34(27)33-28)20-7-9-21(29)10-8-20/h4-15,25H,16H2,1-3H3,(H,31,35)(H,30,32,33)/t25-/m1/s1. The van der Waals surface area contributed by atoms with Crippen LogP contribution in [0.15, 0.2) is 93.7 Å². The number of carbonyl (C=O) groups is 1. The molecule has 1 aromatic heterocycles. The second-order valence-corrected chi connectivity index (χ2v) is 10.6. The van der Waals surface area contributed by atoms with Crippen molar-refractivity contribution in [3.63, 3.8) is 0 Å². The highest BCUT2D eigenvalue weighted by Crippen LogP contribution is 2.37. The van der Waals surface area contributed by atoms with Gasteiger partial charge in [0.1, 0.15) is 11.8 Å². The number of thioether (sulfide) groups is 1. The number of nitrogens with zero attached hydrogens (tertiary/aromatic N) is 3. The minimum Gasteiger partial charge on any atom is -0.497 e. The molecular weight excluding hydrogens is 550 g/mol. The Morgan fingerprint density at radius 1 is 1.11 bits per heavy atom. The molecule has 0 radical (unpaired) electrons. The molecular formula is C28H26BrN5O2S. The molecule has 3 aromatic carbocycles. The van der Waals surface area contributed by atoms with E-state index in [-0.39, 0.29) is 5.91 Å². The molecule has 4 aromatic rings. The first-order chi connectivity index (χ1) is 17.9. The number of fused-ring (bicyclic) bond motifs is 1. The quantitative estimate of drug-likeness (QED) is 0.242. The van der Waals surface area contributed by atoms with E-state index in [1.807, 2.05) is 55.5 Å². The van der Waals surface area contributed by atoms with Gasteiger partial charge >= 0.3 is 0 Å². The summed E-state index contributed by atoms with van der Waals surface area (Å²) in [7, 11) is 1.61. The summed E-state index contributed by atoms with van der Waals surface area (Å²) < 4.78 is 8.00. The third-order valence-corrected chi connectivity index (χ3v) is 7.50. The van der Waals surface area contributed by atoms with E-state index in [0.717, 1.165) is 27.2 Å². The summed E-state index contributed by atoms with van der Waals surface area (Å²) in [6.07, 6.45) is 0. The Hall–Kier alpha value is -3.56. The number of aromatic nitrogens is 3. The zero-order chi connectivity index (χ0) is 25.9. The summed E-state index contributed by atoms with van der Waals surface area (Å²) in [5, 5.41) is 11.8. The molecule has 2 heterocycles. The molecule has 0 unspecified atom stereocenters. The summed E-state index contributed by atoms with van der Waals surface area (Å²) >= 11 is 5.08. The number of aryl methyl sites for hydroxylation is 1. The lowest BCUT2D eigenvalue weighted by molar-refractivity contribution is -0.113. The summed E-state index contributed by atoms with van der Waals surface area (Å²) in [5.41, 5.74) is 5.35. The number of amides is 1. The molecule has 0 saturated carbocycles. The van der Waals surface area contributed by atoms with E-state index in [0.29, 0.717) is 22.4 Å². The van der Waals surface area contributed by atoms with Gasteiger partial charge in [0.25, 0.3) is 5.91 Å². The zero-order valence-electron chi connectivity index (χ0n) is 20.7. The molecule has 0 spiro atoms. The average molecular weight is 577 g/mol. The van der Waals surface area contributed by atoms with Gasteiger partial charge < -0.3 is 15.4 Å². The molecule has 2 N–H and O–H groups in total. The lowest BCUT2D eigenvalue weighted by Gasteiger charge is -2.28. The highest BCUT2D eigenvalue weighted by molar-refractivity contribution is 9.10. The number of anilines is 2. The number of rotatable bonds is 7. The normalized spacial score (nSPS) is 14.6. The summed E-state index contributed by atoms with van der Waals surface area (Å²) in [6, 6.07) is 23.2. The van der Waals surface area contributed by atoms with E-state index >= 15 is 0 Å². The van der Waals surface area contributed by atoms with Gasteiger partial charge in [-0.15, -0.1) is 5.10 Å². The van der Waals surface area contributed by atoms with Gasteiger partial charge in [0.05, 0.1) is 12.7 Å². The van der Waals surface area contributed by atoms with Crippen LogP contribution < -0.4 is 15.4 Å². The Kier molecular flexibility index (Phi) is 7.34. The summed E-state index contributed by atoms with van der Waals surface area (Å²) in [5.74, 6) is 1.88. The fourth-order valence-electron chi connectivity index (χ4n) is 4.26. The maximum atomic E-state index is 13.6. The molecule has 37 heavy (non-hydrogen) atoms. The molecule has 0 fully saturated rings. The number of hydrogen-bond donors (Lipinski definition) is 2. The first kappa shape index (κ1) is 25.1. The lowest BCUT2D eigenvalue weighted by atomic mass is 9.95. The maximum absolute atomic E-state index is 13.6. The zero-order valence-corrected chi connectivity index (χ0v) is 23.1. The van der Waals surface area contributed by atoms with Crippen LogP contribution in [0.2, 0.25) is 0 Å². The Morgan fingerprint density at radius 2 is 1.86 bits per heavy atom. The predicted molar refractivity (Wildman–Crippen MR) is 151 cm³/mol. The van der Waals surface area contributed by atoms with Crippen LogP contribution in [0.25, 0.3) is 0 Å². The van der Waals surface area contributed by atoms with Gasteiger partial charge in [0.2, 0.25) is 11.1 Å². The van der Waals surface area contributed by atoms with Crippen molar-refractivity contribution in [2.45, 2.75) is 30.8 Å². The topological polar surface area (TPSA) is 81.1 Å². The highest BCUT2D eigenvalue weighted by atomic mass is 79.9. The predicted octanol–water partition coefficient (Wildman–Crippen LogP) is 6.58. The van der Waals surface area contributed by atoms with Crippen molar-refractivity contribution in [1.29, 1.82) is 0 Å². The van der Waals surface area contributed by atoms with E-state index in [2.05, 4.69) is 57.8 Å². The molecule has 0 aliphatic carbocycles. The van der Waals surface area contributed by atoms with Gasteiger partial charge in [-0.2, -0.15) is 4.98 Å². The van der Waals surface area contributed by atoms with Crippen molar-refractivity contribution in [2.24, 2.45) is 0 Å². The Labute approximate surface area is 228 Å². The van der Waals surface area contributed by atoms with Crippen LogP contribution in [0.1, 0.15) is 29.7 Å². The van der Waals surface area contributed by atoms with E-state index < -0.39 is 6.04 Å². The number of methoxy groups -OCH3 is 1. The van der Waals surface area contributed by atoms with Crippen LogP contribution in [0.3, 0.4) is 0 Å². The molecule has 188 valence electrons. The van der Waals surface area contributed by atoms with E-state index in [1.165, 1.54) is 11.1 Å². The van der Waals surface area contributed by atoms with Crippen LogP contribution in [0.5, 0.6) is 5.75 Å². The van der Waals surface area contributed by atoms with Crippen molar-refractivity contribution in [3.8, 4) is 5.75 Å². The minimum atomic E-state index is -0.441. The third kappa shape index (κ3) is 5.57. The summed E-state index contributed by atoms with van der Waals surface area (Å²) in [4.78, 5) is 18.4. The van der Waals surface area contributed by atoms with Crippen molar-refractivity contribution < 1.29 is 9.53 Å². The Balaban J connectivity index is 1.46. The SMILES string of the molecule is COc1ccc(NC(=O)C2=C(C)Nc3nc(SCc4cccc(C)c4)nn3[C@@H]2c2ccc(Br)cc2)cc1. The molecule has 1 atom stereocenters. The Bertz CT molecular complexity index is 1460. The summed E-state index contributed by atoms with van der Waals surface area (Å²) in [6.45, 7) is 3.98. The van der Waals surface area contributed by atoms with Crippen molar-refractivity contribution in [3.05, 3.63) is 105 Å². The van der Waals surface area contributed by atoms with Crippen LogP contribution in [-0.2, 0) is 10.5 Å². The Morgan fingerprint density at radius 3 is 2.57 bits per heavy atom. The molecule has 1 aliphatic heterocycles. The molecule has 1 aliphatic rings. The van der Waals surface area contributed by atoms with Gasteiger partial charge in [-0.25, -0.2) is 4.68 Å². The number of allylic oxidation sites excluding steroid dienone is 1. The van der Waals surface area contributed by atoms with Gasteiger partial charge in [-0.1, -0.05) is 69.7 Å². The first-order valence-corrected chi connectivity index (χ1v) is 13.5. The minimum absolute atomic E-state index is 0.210. The monoisotopic (exact) mass is 575 g/mol. The number of benzene rings is 3. The van der Waals surface area contributed by atoms with Gasteiger partial charge in [0.15, 0.2) is 0 Å². The molecule has 0 bridgehead atoms. The van der Waals surface area contributed by atoms with Gasteiger partial charge in [-0.05, 0) is 61.4 Å². The second-order valence-electron chi connectivity index (χ2n) is 8.74. The van der Waals surface area contributed by atoms with Crippen molar-refractivity contribution in [2.75, 3.05) is 17.7 Å². The molecule has 0 saturated heterocycles. The van der Waals surface area contributed by atoms with E-state index in [9.17, 15) is 4.79 Å². The van der Waals surface area contributed by atoms with Crippen molar-refractivity contribution in [1.82, 2.24) is 14.8 Å². The highest BCUT2D eigenvalue weighted by Gasteiger charge is 2.34. The third-order valence-electron chi connectivity index (χ3n) is 6.06. The van der Waals surface area contributed by atoms with Crippen LogP contribution in [-0.4, -0.2) is 27.8 Å². The smallest absolute Gasteiger partial charge is 0.255 e. The van der Waals surface area contributed by atoms with Crippen molar-refractivity contribution >= 4 is 45.2 Å². The largest absolute Gasteiger partial charge is 0.497 e. The van der Waals surface area contributed by atoms with Crippen LogP contribution in [0.4, 0.5) is 11.6 Å². The number of hydrogen-bond acceptors (Lipinski definition) is 6. The lowest BCUT2D eigenvalue weighted by Crippen LogP contribution is -2.31. The number of halogens is 1. The van der Waals surface area contributed by atoms with E-state index in [1.54, 1.807) is 23.6 Å².